The number of para-hydroxylation sites is 1. The third-order valence-corrected chi connectivity index (χ3v) is 3.29. The summed E-state index contributed by atoms with van der Waals surface area (Å²) < 4.78 is 12.9. The average molecular weight is 302 g/mol. The summed E-state index contributed by atoms with van der Waals surface area (Å²) in [6.45, 7) is 1.77. The lowest BCUT2D eigenvalue weighted by atomic mass is 10.1. The molecular formula is C16H15FN2O3. The Morgan fingerprint density at radius 1 is 1.23 bits per heavy atom. The van der Waals surface area contributed by atoms with Crippen LogP contribution in [0.2, 0.25) is 0 Å². The summed E-state index contributed by atoms with van der Waals surface area (Å²) >= 11 is 0. The molecule has 0 aliphatic heterocycles. The number of nitro benzene ring substituents is 1. The molecule has 0 spiro atoms. The van der Waals surface area contributed by atoms with Crippen molar-refractivity contribution in [2.45, 2.75) is 19.4 Å². The van der Waals surface area contributed by atoms with Gasteiger partial charge in [0, 0.05) is 11.6 Å². The zero-order chi connectivity index (χ0) is 16.1. The van der Waals surface area contributed by atoms with Crippen LogP contribution >= 0.6 is 0 Å². The van der Waals surface area contributed by atoms with Crippen molar-refractivity contribution in [3.05, 3.63) is 75.6 Å². The molecule has 0 saturated carbocycles. The molecule has 2 aromatic rings. The zero-order valence-electron chi connectivity index (χ0n) is 12.0. The van der Waals surface area contributed by atoms with Crippen molar-refractivity contribution in [2.24, 2.45) is 0 Å². The van der Waals surface area contributed by atoms with E-state index in [1.54, 1.807) is 37.3 Å². The van der Waals surface area contributed by atoms with E-state index in [9.17, 15) is 19.3 Å². The maximum Gasteiger partial charge on any atom is 0.273 e. The summed E-state index contributed by atoms with van der Waals surface area (Å²) in [7, 11) is 0. The number of nitrogens with one attached hydrogen (secondary N) is 1. The minimum atomic E-state index is -0.508. The van der Waals surface area contributed by atoms with Gasteiger partial charge in [-0.25, -0.2) is 4.39 Å². The Bertz CT molecular complexity index is 686. The standard InChI is InChI=1S/C16H15FN2O3/c1-11(12-6-8-14(17)9-7-12)18-16(20)10-13-4-2-3-5-15(13)19(21)22/h2-9,11H,10H2,1H3,(H,18,20)/t11-/m0/s1. The minimum Gasteiger partial charge on any atom is -0.349 e. The van der Waals surface area contributed by atoms with Gasteiger partial charge in [-0.3, -0.25) is 14.9 Å². The highest BCUT2D eigenvalue weighted by atomic mass is 19.1. The Morgan fingerprint density at radius 2 is 1.86 bits per heavy atom. The first-order valence-electron chi connectivity index (χ1n) is 6.74. The molecule has 2 aromatic carbocycles. The number of halogens is 1. The zero-order valence-corrected chi connectivity index (χ0v) is 12.0. The number of carbonyl (C=O) groups is 1. The van der Waals surface area contributed by atoms with Crippen molar-refractivity contribution >= 4 is 11.6 Å². The quantitative estimate of drug-likeness (QED) is 0.681. The molecule has 6 heteroatoms. The molecule has 0 radical (unpaired) electrons. The Morgan fingerprint density at radius 3 is 2.50 bits per heavy atom. The summed E-state index contributed by atoms with van der Waals surface area (Å²) in [6, 6.07) is 11.6. The molecule has 1 amide bonds. The molecule has 0 aliphatic rings. The highest BCUT2D eigenvalue weighted by Gasteiger charge is 2.17. The summed E-state index contributed by atoms with van der Waals surface area (Å²) in [5.41, 5.74) is 1.04. The van der Waals surface area contributed by atoms with Gasteiger partial charge < -0.3 is 5.32 Å². The van der Waals surface area contributed by atoms with Crippen LogP contribution in [-0.2, 0) is 11.2 Å². The fraction of sp³-hybridized carbons (Fsp3) is 0.188. The number of carbonyl (C=O) groups excluding carboxylic acids is 1. The van der Waals surface area contributed by atoms with E-state index in [1.807, 2.05) is 0 Å². The van der Waals surface area contributed by atoms with Crippen molar-refractivity contribution < 1.29 is 14.1 Å². The number of nitro groups is 1. The predicted octanol–water partition coefficient (Wildman–Crippen LogP) is 3.15. The van der Waals surface area contributed by atoms with E-state index in [0.29, 0.717) is 5.56 Å². The number of nitrogens with zero attached hydrogens (tertiary/aromatic N) is 1. The third kappa shape index (κ3) is 3.88. The van der Waals surface area contributed by atoms with Crippen LogP contribution < -0.4 is 5.32 Å². The molecule has 0 fully saturated rings. The molecule has 0 bridgehead atoms. The van der Waals surface area contributed by atoms with Crippen molar-refractivity contribution in [3.63, 3.8) is 0 Å². The van der Waals surface area contributed by atoms with Gasteiger partial charge in [0.1, 0.15) is 5.82 Å². The number of hydrogen-bond acceptors (Lipinski definition) is 3. The first kappa shape index (κ1) is 15.6. The van der Waals surface area contributed by atoms with Crippen LogP contribution in [0.15, 0.2) is 48.5 Å². The molecule has 1 N–H and O–H groups in total. The van der Waals surface area contributed by atoms with E-state index >= 15 is 0 Å². The summed E-state index contributed by atoms with van der Waals surface area (Å²) in [5.74, 6) is -0.673. The van der Waals surface area contributed by atoms with Gasteiger partial charge in [0.2, 0.25) is 5.91 Å². The van der Waals surface area contributed by atoms with Crippen LogP contribution in [0.4, 0.5) is 10.1 Å². The van der Waals surface area contributed by atoms with Crippen molar-refractivity contribution in [3.8, 4) is 0 Å². The topological polar surface area (TPSA) is 72.2 Å². The van der Waals surface area contributed by atoms with Crippen molar-refractivity contribution in [1.29, 1.82) is 0 Å². The van der Waals surface area contributed by atoms with Crippen molar-refractivity contribution in [2.75, 3.05) is 0 Å². The molecule has 0 aliphatic carbocycles. The van der Waals surface area contributed by atoms with Crippen molar-refractivity contribution in [1.82, 2.24) is 5.32 Å². The molecule has 0 aromatic heterocycles. The van der Waals surface area contributed by atoms with E-state index < -0.39 is 4.92 Å². The number of rotatable bonds is 5. The monoisotopic (exact) mass is 302 g/mol. The van der Waals surface area contributed by atoms with E-state index in [0.717, 1.165) is 5.56 Å². The molecule has 0 unspecified atom stereocenters. The molecule has 0 saturated heterocycles. The molecule has 114 valence electrons. The highest BCUT2D eigenvalue weighted by Crippen LogP contribution is 2.19. The van der Waals surface area contributed by atoms with E-state index in [2.05, 4.69) is 5.32 Å². The fourth-order valence-corrected chi connectivity index (χ4v) is 2.14. The third-order valence-electron chi connectivity index (χ3n) is 3.29. The van der Waals surface area contributed by atoms with Crippen LogP contribution in [0.5, 0.6) is 0 Å². The molecule has 5 nitrogen and oxygen atoms in total. The van der Waals surface area contributed by atoms with Gasteiger partial charge in [-0.2, -0.15) is 0 Å². The first-order chi connectivity index (χ1) is 10.5. The number of amides is 1. The SMILES string of the molecule is C[C@H](NC(=O)Cc1ccccc1[N+](=O)[O-])c1ccc(F)cc1. The largest absolute Gasteiger partial charge is 0.349 e. The summed E-state index contributed by atoms with van der Waals surface area (Å²) in [4.78, 5) is 22.4. The average Bonchev–Trinajstić information content (AvgIpc) is 2.48. The van der Waals surface area contributed by atoms with Crippen LogP contribution in [0.1, 0.15) is 24.1 Å². The minimum absolute atomic E-state index is 0.0768. The van der Waals surface area contributed by atoms with E-state index in [4.69, 9.17) is 0 Å². The normalized spacial score (nSPS) is 11.7. The summed E-state index contributed by atoms with van der Waals surface area (Å²) in [6.07, 6.45) is -0.0807. The first-order valence-corrected chi connectivity index (χ1v) is 6.74. The molecule has 2 rings (SSSR count). The second-order valence-electron chi connectivity index (χ2n) is 4.90. The van der Waals surface area contributed by atoms with Gasteiger partial charge in [0.05, 0.1) is 17.4 Å². The lowest BCUT2D eigenvalue weighted by molar-refractivity contribution is -0.385. The van der Waals surface area contributed by atoms with Gasteiger partial charge >= 0.3 is 0 Å². The Labute approximate surface area is 126 Å². The maximum absolute atomic E-state index is 12.9. The van der Waals surface area contributed by atoms with Gasteiger partial charge in [0.25, 0.3) is 5.69 Å². The van der Waals surface area contributed by atoms with Gasteiger partial charge in [-0.05, 0) is 24.6 Å². The molecule has 0 heterocycles. The smallest absolute Gasteiger partial charge is 0.273 e. The highest BCUT2D eigenvalue weighted by molar-refractivity contribution is 5.80. The van der Waals surface area contributed by atoms with Gasteiger partial charge in [0.15, 0.2) is 0 Å². The molecular weight excluding hydrogens is 287 g/mol. The predicted molar refractivity (Wildman–Crippen MR) is 79.8 cm³/mol. The van der Waals surface area contributed by atoms with Crippen LogP contribution in [-0.4, -0.2) is 10.8 Å². The van der Waals surface area contributed by atoms with E-state index in [-0.39, 0.29) is 29.9 Å². The lowest BCUT2D eigenvalue weighted by Crippen LogP contribution is -2.28. The second-order valence-corrected chi connectivity index (χ2v) is 4.90. The molecule has 22 heavy (non-hydrogen) atoms. The van der Waals surface area contributed by atoms with Gasteiger partial charge in [-0.15, -0.1) is 0 Å². The Hall–Kier alpha value is -2.76. The summed E-state index contributed by atoms with van der Waals surface area (Å²) in [5, 5.41) is 13.7. The number of benzene rings is 2. The lowest BCUT2D eigenvalue weighted by Gasteiger charge is -2.14. The van der Waals surface area contributed by atoms with Crippen LogP contribution in [0.3, 0.4) is 0 Å². The maximum atomic E-state index is 12.9. The Kier molecular flexibility index (Phi) is 4.83. The van der Waals surface area contributed by atoms with Crippen LogP contribution in [0.25, 0.3) is 0 Å². The van der Waals surface area contributed by atoms with E-state index in [1.165, 1.54) is 18.2 Å². The second kappa shape index (κ2) is 6.80. The number of hydrogen-bond donors (Lipinski definition) is 1. The van der Waals surface area contributed by atoms with Crippen LogP contribution in [0, 0.1) is 15.9 Å². The Balaban J connectivity index is 2.04. The van der Waals surface area contributed by atoms with Gasteiger partial charge in [-0.1, -0.05) is 30.3 Å². The molecule has 1 atom stereocenters. The fourth-order valence-electron chi connectivity index (χ4n) is 2.14.